The summed E-state index contributed by atoms with van der Waals surface area (Å²) in [4.78, 5) is 35.1. The number of hydrogen-bond donors (Lipinski definition) is 4. The summed E-state index contributed by atoms with van der Waals surface area (Å²) in [5.74, 6) is -2.50. The summed E-state index contributed by atoms with van der Waals surface area (Å²) in [6.07, 6.45) is 2.60. The highest BCUT2D eigenvalue weighted by Gasteiger charge is 2.18. The van der Waals surface area contributed by atoms with Crippen LogP contribution in [0.5, 0.6) is 0 Å². The van der Waals surface area contributed by atoms with Gasteiger partial charge in [0.1, 0.15) is 5.56 Å². The molecular formula is C22H17N5O6S. The van der Waals surface area contributed by atoms with Gasteiger partial charge in [0.25, 0.3) is 10.0 Å². The summed E-state index contributed by atoms with van der Waals surface area (Å²) in [6, 6.07) is 11.3. The lowest BCUT2D eigenvalue weighted by Gasteiger charge is -2.14. The van der Waals surface area contributed by atoms with Gasteiger partial charge in [0.2, 0.25) is 5.95 Å². The maximum absolute atomic E-state index is 12.6. The minimum absolute atomic E-state index is 0.0363. The van der Waals surface area contributed by atoms with Crippen molar-refractivity contribution in [2.45, 2.75) is 11.8 Å². The molecule has 0 bridgehead atoms. The van der Waals surface area contributed by atoms with E-state index >= 15 is 0 Å². The first-order valence-corrected chi connectivity index (χ1v) is 11.2. The number of nitrogens with zero attached hydrogens (tertiary/aromatic N) is 3. The molecule has 0 atom stereocenters. The van der Waals surface area contributed by atoms with E-state index in [-0.39, 0.29) is 33.0 Å². The summed E-state index contributed by atoms with van der Waals surface area (Å²) in [7, 11) is -3.96. The molecule has 4 N–H and O–H groups in total. The first-order chi connectivity index (χ1) is 16.1. The highest BCUT2D eigenvalue weighted by molar-refractivity contribution is 7.92. The van der Waals surface area contributed by atoms with E-state index in [0.29, 0.717) is 16.9 Å². The van der Waals surface area contributed by atoms with Crippen molar-refractivity contribution >= 4 is 50.2 Å². The number of pyridine rings is 1. The zero-order chi connectivity index (χ0) is 24.5. The van der Waals surface area contributed by atoms with E-state index in [9.17, 15) is 28.2 Å². The van der Waals surface area contributed by atoms with Crippen LogP contribution < -0.4 is 10.0 Å². The van der Waals surface area contributed by atoms with E-state index in [4.69, 9.17) is 0 Å². The third-order valence-electron chi connectivity index (χ3n) is 4.80. The molecule has 0 fully saturated rings. The Balaban J connectivity index is 1.68. The number of carbonyl (C=O) groups is 2. The molecule has 2 heterocycles. The molecule has 4 rings (SSSR count). The molecule has 0 radical (unpaired) electrons. The molecule has 0 spiro atoms. The molecule has 4 aromatic rings. The van der Waals surface area contributed by atoms with E-state index in [1.54, 1.807) is 13.0 Å². The summed E-state index contributed by atoms with van der Waals surface area (Å²) in [5, 5.41) is 22.1. The molecule has 0 saturated carbocycles. The van der Waals surface area contributed by atoms with Gasteiger partial charge in [-0.1, -0.05) is 0 Å². The molecule has 0 aliphatic rings. The van der Waals surface area contributed by atoms with Crippen molar-refractivity contribution in [1.29, 1.82) is 0 Å². The van der Waals surface area contributed by atoms with Crippen LogP contribution in [0.25, 0.3) is 10.9 Å². The van der Waals surface area contributed by atoms with Gasteiger partial charge in [0.05, 0.1) is 21.7 Å². The number of hydrogen-bond acceptors (Lipinski definition) is 8. The molecule has 0 aliphatic carbocycles. The van der Waals surface area contributed by atoms with Gasteiger partial charge in [-0.05, 0) is 55.5 Å². The van der Waals surface area contributed by atoms with E-state index in [1.165, 1.54) is 48.7 Å². The third kappa shape index (κ3) is 4.61. The number of aromatic nitrogens is 3. The average molecular weight is 479 g/mol. The number of anilines is 3. The van der Waals surface area contributed by atoms with Crippen LogP contribution >= 0.6 is 0 Å². The minimum atomic E-state index is -3.96. The molecule has 2 aromatic carbocycles. The number of benzene rings is 2. The van der Waals surface area contributed by atoms with Crippen LogP contribution in [0.3, 0.4) is 0 Å². The number of aromatic carboxylic acids is 2. The van der Waals surface area contributed by atoms with Gasteiger partial charge in [-0.15, -0.1) is 0 Å². The third-order valence-corrected chi connectivity index (χ3v) is 6.14. The second kappa shape index (κ2) is 8.75. The van der Waals surface area contributed by atoms with Gasteiger partial charge in [-0.25, -0.2) is 32.7 Å². The Morgan fingerprint density at radius 2 is 1.68 bits per heavy atom. The Morgan fingerprint density at radius 3 is 2.32 bits per heavy atom. The minimum Gasteiger partial charge on any atom is -0.478 e. The monoisotopic (exact) mass is 479 g/mol. The van der Waals surface area contributed by atoms with Crippen molar-refractivity contribution in [2.75, 3.05) is 10.0 Å². The predicted molar refractivity (Wildman–Crippen MR) is 123 cm³/mol. The van der Waals surface area contributed by atoms with Crippen LogP contribution in [0.15, 0.2) is 65.8 Å². The van der Waals surface area contributed by atoms with Crippen molar-refractivity contribution in [3.63, 3.8) is 0 Å². The van der Waals surface area contributed by atoms with Crippen LogP contribution in [0.1, 0.15) is 26.4 Å². The van der Waals surface area contributed by atoms with Crippen LogP contribution in [0.2, 0.25) is 0 Å². The number of carboxylic acids is 2. The van der Waals surface area contributed by atoms with Crippen molar-refractivity contribution in [3.05, 3.63) is 77.7 Å². The van der Waals surface area contributed by atoms with E-state index in [0.717, 1.165) is 6.20 Å². The fourth-order valence-corrected chi connectivity index (χ4v) is 4.11. The van der Waals surface area contributed by atoms with Crippen molar-refractivity contribution in [1.82, 2.24) is 15.0 Å². The van der Waals surface area contributed by atoms with Gasteiger partial charge >= 0.3 is 11.9 Å². The number of fused-ring (bicyclic) bond motifs is 1. The zero-order valence-electron chi connectivity index (χ0n) is 17.6. The summed E-state index contributed by atoms with van der Waals surface area (Å²) in [5.41, 5.74) is 1.27. The molecule has 172 valence electrons. The SMILES string of the molecule is Cc1ccnc(NS(=O)(=O)c2ccc(Nc3c(C(=O)O)cnc4ccc(C(=O)O)cc34)cc2)n1. The Bertz CT molecular complexity index is 1530. The quantitative estimate of drug-likeness (QED) is 0.308. The van der Waals surface area contributed by atoms with Gasteiger partial charge < -0.3 is 15.5 Å². The highest BCUT2D eigenvalue weighted by atomic mass is 32.2. The van der Waals surface area contributed by atoms with Gasteiger partial charge in [-0.3, -0.25) is 4.98 Å². The first kappa shape index (κ1) is 22.6. The Labute approximate surface area is 193 Å². The number of nitrogens with one attached hydrogen (secondary N) is 2. The second-order valence-electron chi connectivity index (χ2n) is 7.17. The maximum Gasteiger partial charge on any atom is 0.339 e. The summed E-state index contributed by atoms with van der Waals surface area (Å²) < 4.78 is 27.6. The smallest absolute Gasteiger partial charge is 0.339 e. The fourth-order valence-electron chi connectivity index (χ4n) is 3.16. The number of aryl methyl sites for hydroxylation is 1. The lowest BCUT2D eigenvalue weighted by molar-refractivity contribution is 0.0687. The fraction of sp³-hybridized carbons (Fsp3) is 0.0455. The molecule has 0 amide bonds. The number of sulfonamides is 1. The lowest BCUT2D eigenvalue weighted by Crippen LogP contribution is -2.15. The zero-order valence-corrected chi connectivity index (χ0v) is 18.4. The maximum atomic E-state index is 12.6. The van der Waals surface area contributed by atoms with E-state index < -0.39 is 22.0 Å². The molecule has 12 heteroatoms. The standard InChI is InChI=1S/C22H17N5O6S/c1-12-8-9-23-22(25-12)27-34(32,33)15-5-3-14(4-6-15)26-19-16-10-13(20(28)29)2-7-18(16)24-11-17(19)21(30)31/h2-11H,1H3,(H,24,26)(H,28,29)(H,30,31)(H,23,25,27). The molecular weight excluding hydrogens is 462 g/mol. The van der Waals surface area contributed by atoms with Crippen molar-refractivity contribution in [3.8, 4) is 0 Å². The number of carboxylic acid groups (broad SMARTS) is 2. The van der Waals surface area contributed by atoms with Crippen LogP contribution in [0, 0.1) is 6.92 Å². The lowest BCUT2D eigenvalue weighted by atomic mass is 10.1. The summed E-state index contributed by atoms with van der Waals surface area (Å²) >= 11 is 0. The van der Waals surface area contributed by atoms with Crippen molar-refractivity contribution < 1.29 is 28.2 Å². The highest BCUT2D eigenvalue weighted by Crippen LogP contribution is 2.30. The molecule has 11 nitrogen and oxygen atoms in total. The average Bonchev–Trinajstić information content (AvgIpc) is 2.78. The van der Waals surface area contributed by atoms with Crippen molar-refractivity contribution in [2.24, 2.45) is 0 Å². The van der Waals surface area contributed by atoms with Crippen LogP contribution in [-0.2, 0) is 10.0 Å². The van der Waals surface area contributed by atoms with E-state index in [2.05, 4.69) is 25.0 Å². The Hall–Kier alpha value is -4.58. The first-order valence-electron chi connectivity index (χ1n) is 9.73. The largest absolute Gasteiger partial charge is 0.478 e. The Kier molecular flexibility index (Phi) is 5.82. The predicted octanol–water partition coefficient (Wildman–Crippen LogP) is 3.27. The number of rotatable bonds is 7. The normalized spacial score (nSPS) is 11.2. The van der Waals surface area contributed by atoms with Gasteiger partial charge in [-0.2, -0.15) is 0 Å². The van der Waals surface area contributed by atoms with Crippen LogP contribution in [0.4, 0.5) is 17.3 Å². The van der Waals surface area contributed by atoms with Gasteiger partial charge in [0.15, 0.2) is 0 Å². The topological polar surface area (TPSA) is 171 Å². The van der Waals surface area contributed by atoms with E-state index in [1.807, 2.05) is 0 Å². The van der Waals surface area contributed by atoms with Gasteiger partial charge in [0, 0.05) is 29.2 Å². The molecule has 2 aromatic heterocycles. The molecule has 0 aliphatic heterocycles. The Morgan fingerprint density at radius 1 is 0.941 bits per heavy atom. The molecule has 34 heavy (non-hydrogen) atoms. The molecule has 0 unspecified atom stereocenters. The molecule has 0 saturated heterocycles. The summed E-state index contributed by atoms with van der Waals surface area (Å²) in [6.45, 7) is 1.70. The second-order valence-corrected chi connectivity index (χ2v) is 8.85. The van der Waals surface area contributed by atoms with Crippen LogP contribution in [-0.4, -0.2) is 45.5 Å².